The van der Waals surface area contributed by atoms with Crippen LogP contribution in [0.4, 0.5) is 11.4 Å². The Labute approximate surface area is 206 Å². The van der Waals surface area contributed by atoms with Gasteiger partial charge in [-0.3, -0.25) is 0 Å². The molecule has 0 spiro atoms. The smallest absolute Gasteiger partial charge is 0.378 e. The highest BCUT2D eigenvalue weighted by molar-refractivity contribution is 5.98. The van der Waals surface area contributed by atoms with Crippen LogP contribution in [0.5, 0.6) is 11.5 Å². The molecule has 8 heteroatoms. The second-order valence-corrected chi connectivity index (χ2v) is 7.60. The van der Waals surface area contributed by atoms with E-state index in [-0.39, 0.29) is 22.9 Å². The lowest BCUT2D eigenvalue weighted by molar-refractivity contribution is -0.133. The number of rotatable bonds is 6. The number of carbonyl (C=O) groups excluding carboxylic acids is 2. The third-order valence-corrected chi connectivity index (χ3v) is 5.34. The van der Waals surface area contributed by atoms with Gasteiger partial charge in [-0.15, -0.1) is 10.2 Å². The average Bonchev–Trinajstić information content (AvgIpc) is 2.92. The van der Waals surface area contributed by atoms with Gasteiger partial charge in [0.2, 0.25) is 0 Å². The normalized spacial score (nSPS) is 12.3. The molecule has 0 atom stereocenters. The van der Waals surface area contributed by atoms with E-state index in [1.807, 2.05) is 24.3 Å². The van der Waals surface area contributed by atoms with Crippen LogP contribution in [-0.2, 0) is 9.59 Å². The van der Waals surface area contributed by atoms with E-state index < -0.39 is 23.5 Å². The quantitative estimate of drug-likeness (QED) is 0.0991. The molecule has 36 heavy (non-hydrogen) atoms. The topological polar surface area (TPSA) is 118 Å². The number of fused-ring (bicyclic) bond motifs is 2. The van der Waals surface area contributed by atoms with Gasteiger partial charge in [0.15, 0.2) is 23.0 Å². The van der Waals surface area contributed by atoms with Gasteiger partial charge in [0, 0.05) is 10.8 Å². The van der Waals surface area contributed by atoms with Crippen molar-refractivity contribution in [1.82, 2.24) is 0 Å². The highest BCUT2D eigenvalue weighted by Gasteiger charge is 2.18. The van der Waals surface area contributed by atoms with Crippen molar-refractivity contribution in [3.05, 3.63) is 96.5 Å². The molecule has 0 radical (unpaired) electrons. The van der Waals surface area contributed by atoms with Crippen molar-refractivity contribution in [3.63, 3.8) is 0 Å². The fourth-order valence-electron chi connectivity index (χ4n) is 3.47. The molecule has 180 valence electrons. The van der Waals surface area contributed by atoms with Gasteiger partial charge in [0.05, 0.1) is 0 Å². The molecule has 0 fully saturated rings. The third-order valence-electron chi connectivity index (χ3n) is 5.34. The highest BCUT2D eigenvalue weighted by Crippen LogP contribution is 2.40. The summed E-state index contributed by atoms with van der Waals surface area (Å²) in [6.07, 6.45) is 2.45. The van der Waals surface area contributed by atoms with Crippen LogP contribution < -0.4 is 9.47 Å². The van der Waals surface area contributed by atoms with Crippen LogP contribution in [0, 0.1) is 0 Å². The first-order valence-corrected chi connectivity index (χ1v) is 11.0. The van der Waals surface area contributed by atoms with E-state index in [0.717, 1.165) is 10.8 Å². The Balaban J connectivity index is 1.83. The number of azo groups is 1. The van der Waals surface area contributed by atoms with Gasteiger partial charge in [-0.2, -0.15) is 0 Å². The Morgan fingerprint density at radius 3 is 1.42 bits per heavy atom. The van der Waals surface area contributed by atoms with Crippen LogP contribution >= 0.6 is 0 Å². The van der Waals surface area contributed by atoms with Crippen LogP contribution in [0.15, 0.2) is 107 Å². The van der Waals surface area contributed by atoms with Crippen molar-refractivity contribution in [3.8, 4) is 11.5 Å². The summed E-state index contributed by atoms with van der Waals surface area (Å²) in [6.45, 7) is 3.02. The number of nitrogens with zero attached hydrogens (tertiary/aromatic N) is 2. The van der Waals surface area contributed by atoms with E-state index in [1.54, 1.807) is 48.5 Å². The molecule has 0 aromatic heterocycles. The van der Waals surface area contributed by atoms with Gasteiger partial charge >= 0.3 is 11.9 Å². The number of allylic oxidation sites excluding steroid dienone is 2. The molecule has 2 N–H and O–H groups in total. The summed E-state index contributed by atoms with van der Waals surface area (Å²) >= 11 is 0. The second-order valence-electron chi connectivity index (χ2n) is 7.60. The summed E-state index contributed by atoms with van der Waals surface area (Å²) < 4.78 is 10.9. The number of aliphatic hydroxyl groups excluding tert-OH is 2. The molecule has 8 nitrogen and oxygen atoms in total. The maximum atomic E-state index is 12.3. The first-order chi connectivity index (χ1) is 17.4. The van der Waals surface area contributed by atoms with Crippen molar-refractivity contribution in [2.45, 2.75) is 13.8 Å². The van der Waals surface area contributed by atoms with Gasteiger partial charge in [-0.05, 0) is 48.9 Å². The maximum Gasteiger partial charge on any atom is 0.378 e. The summed E-state index contributed by atoms with van der Waals surface area (Å²) in [5, 5.41) is 30.9. The Morgan fingerprint density at radius 2 is 1.03 bits per heavy atom. The highest BCUT2D eigenvalue weighted by atomic mass is 16.6. The lowest BCUT2D eigenvalue weighted by atomic mass is 10.1. The number of benzene rings is 4. The fourth-order valence-corrected chi connectivity index (χ4v) is 3.47. The predicted molar refractivity (Wildman–Crippen MR) is 136 cm³/mol. The summed E-state index contributed by atoms with van der Waals surface area (Å²) in [6, 6.07) is 21.3. The second kappa shape index (κ2) is 10.5. The number of hydrogen-bond acceptors (Lipinski definition) is 8. The van der Waals surface area contributed by atoms with Crippen molar-refractivity contribution >= 4 is 44.9 Å². The average molecular weight is 482 g/mol. The van der Waals surface area contributed by atoms with E-state index in [0.29, 0.717) is 10.8 Å². The Kier molecular flexibility index (Phi) is 7.06. The molecule has 0 saturated carbocycles. The number of carbonyl (C=O) groups is 2. The van der Waals surface area contributed by atoms with Gasteiger partial charge < -0.3 is 19.7 Å². The summed E-state index contributed by atoms with van der Waals surface area (Å²) in [7, 11) is 0. The summed E-state index contributed by atoms with van der Waals surface area (Å²) in [4.78, 5) is 24.7. The number of hydrogen-bond donors (Lipinski definition) is 2. The maximum absolute atomic E-state index is 12.3. The van der Waals surface area contributed by atoms with E-state index in [1.165, 1.54) is 26.0 Å². The number of aliphatic hydroxyl groups is 2. The summed E-state index contributed by atoms with van der Waals surface area (Å²) in [5.41, 5.74) is 0.431. The van der Waals surface area contributed by atoms with Gasteiger partial charge in [-0.1, -0.05) is 60.7 Å². The van der Waals surface area contributed by atoms with E-state index in [2.05, 4.69) is 10.2 Å². The molecule has 4 aromatic carbocycles. The minimum absolute atomic E-state index is 0.112. The molecule has 0 aliphatic carbocycles. The minimum Gasteiger partial charge on any atom is -0.502 e. The first-order valence-electron chi connectivity index (χ1n) is 11.0. The standard InChI is InChI=1S/C28H22N2O6/c1-3-23(31)27(33)35-25-19-11-7-5-9-17(19)13-15-21(25)29-30-22-16-14-18-10-6-8-12-20(18)26(22)36-28(34)24(32)4-2/h3-16,31-32H,1-2H3/b23-3-,24-4-,30-29?. The first kappa shape index (κ1) is 24.2. The van der Waals surface area contributed by atoms with Crippen molar-refractivity contribution < 1.29 is 29.3 Å². The zero-order chi connectivity index (χ0) is 25.7. The molecular weight excluding hydrogens is 460 g/mol. The zero-order valence-corrected chi connectivity index (χ0v) is 19.5. The largest absolute Gasteiger partial charge is 0.502 e. The molecule has 0 bridgehead atoms. The van der Waals surface area contributed by atoms with E-state index >= 15 is 0 Å². The van der Waals surface area contributed by atoms with Crippen LogP contribution in [0.2, 0.25) is 0 Å². The van der Waals surface area contributed by atoms with Crippen molar-refractivity contribution in [2.75, 3.05) is 0 Å². The summed E-state index contributed by atoms with van der Waals surface area (Å²) in [5.74, 6) is -2.74. The Bertz CT molecular complexity index is 1450. The molecule has 0 unspecified atom stereocenters. The molecule has 0 saturated heterocycles. The third kappa shape index (κ3) is 4.92. The lowest BCUT2D eigenvalue weighted by Gasteiger charge is -2.11. The van der Waals surface area contributed by atoms with E-state index in [9.17, 15) is 19.8 Å². The molecule has 4 aromatic rings. The van der Waals surface area contributed by atoms with Crippen molar-refractivity contribution in [1.29, 1.82) is 0 Å². The number of ether oxygens (including phenoxy) is 2. The van der Waals surface area contributed by atoms with Crippen LogP contribution in [0.25, 0.3) is 21.5 Å². The fraction of sp³-hybridized carbons (Fsp3) is 0.0714. The van der Waals surface area contributed by atoms with Gasteiger partial charge in [0.25, 0.3) is 0 Å². The molecule has 0 aliphatic rings. The van der Waals surface area contributed by atoms with Gasteiger partial charge in [0.1, 0.15) is 11.4 Å². The molecule has 0 amide bonds. The van der Waals surface area contributed by atoms with Crippen LogP contribution in [0.3, 0.4) is 0 Å². The number of esters is 2. The van der Waals surface area contributed by atoms with E-state index in [4.69, 9.17) is 9.47 Å². The van der Waals surface area contributed by atoms with Crippen LogP contribution in [0.1, 0.15) is 13.8 Å². The molecule has 0 aliphatic heterocycles. The Morgan fingerprint density at radius 1 is 0.639 bits per heavy atom. The molecular formula is C28H22N2O6. The molecule has 4 rings (SSSR count). The minimum atomic E-state index is -0.938. The molecule has 0 heterocycles. The lowest BCUT2D eigenvalue weighted by Crippen LogP contribution is -2.11. The zero-order valence-electron chi connectivity index (χ0n) is 19.5. The Hall–Kier alpha value is -4.98. The van der Waals surface area contributed by atoms with Crippen LogP contribution in [-0.4, -0.2) is 22.2 Å². The predicted octanol–water partition coefficient (Wildman–Crippen LogP) is 7.14. The van der Waals surface area contributed by atoms with Crippen molar-refractivity contribution in [2.24, 2.45) is 10.2 Å². The van der Waals surface area contributed by atoms with Gasteiger partial charge in [-0.25, -0.2) is 9.59 Å². The SMILES string of the molecule is C/C=C(\O)C(=O)Oc1c(N=Nc2ccc3ccccc3c2OC(=O)/C(O)=C/C)ccc2ccccc12. The monoisotopic (exact) mass is 482 g/mol.